The number of nitrogens with one attached hydrogen (secondary N) is 1. The molecule has 1 saturated carbocycles. The number of furan rings is 1. The number of benzene rings is 1. The van der Waals surface area contributed by atoms with E-state index in [1.54, 1.807) is 6.26 Å². The van der Waals surface area contributed by atoms with Crippen LogP contribution in [0.15, 0.2) is 45.8 Å². The van der Waals surface area contributed by atoms with Crippen LogP contribution in [0.5, 0.6) is 0 Å². The van der Waals surface area contributed by atoms with Gasteiger partial charge in [-0.25, -0.2) is 4.68 Å². The summed E-state index contributed by atoms with van der Waals surface area (Å²) in [6.07, 6.45) is 8.21. The molecular formula is C28H34N6O3. The Kier molecular flexibility index (Phi) is 6.65. The molecule has 1 aromatic carbocycles. The number of ether oxygens (including phenoxy) is 1. The normalized spacial score (nSPS) is 19.4. The molecule has 1 aliphatic carbocycles. The van der Waals surface area contributed by atoms with E-state index in [1.165, 1.54) is 0 Å². The molecule has 1 N–H and O–H groups in total. The lowest BCUT2D eigenvalue weighted by molar-refractivity contribution is 0.0541. The van der Waals surface area contributed by atoms with E-state index in [1.807, 2.05) is 29.8 Å². The lowest BCUT2D eigenvalue weighted by atomic mass is 9.99. The Hall–Kier alpha value is -3.30. The lowest BCUT2D eigenvalue weighted by Crippen LogP contribution is -2.39. The topological polar surface area (TPSA) is 102 Å². The van der Waals surface area contributed by atoms with E-state index in [9.17, 15) is 4.79 Å². The minimum absolute atomic E-state index is 0.0808. The van der Waals surface area contributed by atoms with Crippen LogP contribution >= 0.6 is 0 Å². The van der Waals surface area contributed by atoms with E-state index in [-0.39, 0.29) is 17.7 Å². The van der Waals surface area contributed by atoms with Crippen molar-refractivity contribution in [2.75, 3.05) is 13.2 Å². The van der Waals surface area contributed by atoms with Crippen LogP contribution in [0, 0.1) is 13.8 Å². The summed E-state index contributed by atoms with van der Waals surface area (Å²) in [5, 5.41) is 14.1. The zero-order valence-corrected chi connectivity index (χ0v) is 21.5. The van der Waals surface area contributed by atoms with Crippen LogP contribution in [0.3, 0.4) is 0 Å². The molecule has 3 aromatic heterocycles. The minimum Gasteiger partial charge on any atom is -0.468 e. The number of aromatic amines is 1. The van der Waals surface area contributed by atoms with Crippen LogP contribution in [0.25, 0.3) is 10.9 Å². The van der Waals surface area contributed by atoms with Gasteiger partial charge in [0.05, 0.1) is 30.5 Å². The number of pyridine rings is 1. The molecule has 1 aliphatic heterocycles. The molecule has 4 aromatic rings. The van der Waals surface area contributed by atoms with Gasteiger partial charge in [-0.05, 0) is 85.2 Å². The van der Waals surface area contributed by atoms with Crippen molar-refractivity contribution in [3.05, 3.63) is 75.2 Å². The summed E-state index contributed by atoms with van der Waals surface area (Å²) in [4.78, 5) is 19.2. The Morgan fingerprint density at radius 3 is 2.78 bits per heavy atom. The van der Waals surface area contributed by atoms with Gasteiger partial charge in [0.2, 0.25) is 0 Å². The molecule has 4 heterocycles. The minimum atomic E-state index is -0.459. The second-order valence-electron chi connectivity index (χ2n) is 10.6. The quantitative estimate of drug-likeness (QED) is 0.375. The monoisotopic (exact) mass is 502 g/mol. The Balaban J connectivity index is 1.52. The van der Waals surface area contributed by atoms with Gasteiger partial charge < -0.3 is 14.1 Å². The van der Waals surface area contributed by atoms with Crippen LogP contribution in [0.2, 0.25) is 0 Å². The van der Waals surface area contributed by atoms with Gasteiger partial charge in [-0.15, -0.1) is 5.10 Å². The van der Waals surface area contributed by atoms with Gasteiger partial charge in [-0.3, -0.25) is 9.69 Å². The molecule has 0 radical (unpaired) electrons. The number of fused-ring (bicyclic) bond motifs is 1. The van der Waals surface area contributed by atoms with E-state index in [4.69, 9.17) is 9.15 Å². The average molecular weight is 503 g/mol. The molecule has 2 aliphatic rings. The summed E-state index contributed by atoms with van der Waals surface area (Å²) in [5.41, 5.74) is 3.59. The third-order valence-corrected chi connectivity index (χ3v) is 7.82. The number of tetrazole rings is 1. The maximum absolute atomic E-state index is 13.8. The standard InChI is InChI=1S/C28H34N6O3/c1-18-13-19(2)25-20(14-18)15-24(28(35)29-25)26(27-30-31-32-34(27)21-7-3-4-8-21)33(16-22-9-5-11-36-22)17-23-10-6-12-37-23/h5,9,11,13-15,21,23,26H,3-4,6-8,10,12,16-17H2,1-2H3,(H,29,35)/t23-,26-/m0/s1. The largest absolute Gasteiger partial charge is 0.468 e. The van der Waals surface area contributed by atoms with Crippen LogP contribution in [0.4, 0.5) is 0 Å². The first-order valence-corrected chi connectivity index (χ1v) is 13.4. The third-order valence-electron chi connectivity index (χ3n) is 7.82. The SMILES string of the molecule is Cc1cc(C)c2[nH]c(=O)c([C@@H](c3nnnn3C3CCCC3)N(Cc3ccco3)C[C@@H]3CCCO3)cc2c1. The van der Waals surface area contributed by atoms with Gasteiger partial charge in [-0.1, -0.05) is 24.5 Å². The first-order valence-electron chi connectivity index (χ1n) is 13.4. The van der Waals surface area contributed by atoms with Gasteiger partial charge in [-0.2, -0.15) is 0 Å². The van der Waals surface area contributed by atoms with E-state index < -0.39 is 6.04 Å². The summed E-state index contributed by atoms with van der Waals surface area (Å²) in [7, 11) is 0. The Labute approximate surface area is 215 Å². The van der Waals surface area contributed by atoms with Crippen molar-refractivity contribution in [3.8, 4) is 0 Å². The summed E-state index contributed by atoms with van der Waals surface area (Å²) in [6.45, 7) is 6.03. The van der Waals surface area contributed by atoms with Crippen LogP contribution in [0.1, 0.15) is 78.9 Å². The van der Waals surface area contributed by atoms with Crippen molar-refractivity contribution in [1.82, 2.24) is 30.1 Å². The maximum Gasteiger partial charge on any atom is 0.253 e. The lowest BCUT2D eigenvalue weighted by Gasteiger charge is -2.32. The van der Waals surface area contributed by atoms with Crippen molar-refractivity contribution in [2.45, 2.75) is 77.1 Å². The number of nitrogens with zero attached hydrogens (tertiary/aromatic N) is 5. The fraction of sp³-hybridized carbons (Fsp3) is 0.500. The molecule has 0 unspecified atom stereocenters. The summed E-state index contributed by atoms with van der Waals surface area (Å²) in [5.74, 6) is 1.53. The molecular weight excluding hydrogens is 468 g/mol. The highest BCUT2D eigenvalue weighted by Crippen LogP contribution is 2.35. The van der Waals surface area contributed by atoms with Gasteiger partial charge in [0, 0.05) is 18.7 Å². The van der Waals surface area contributed by atoms with E-state index in [0.717, 1.165) is 72.9 Å². The summed E-state index contributed by atoms with van der Waals surface area (Å²) >= 11 is 0. The molecule has 6 rings (SSSR count). The molecule has 1 saturated heterocycles. The maximum atomic E-state index is 13.8. The molecule has 2 fully saturated rings. The number of aryl methyl sites for hydroxylation is 2. The highest BCUT2D eigenvalue weighted by Gasteiger charge is 2.35. The highest BCUT2D eigenvalue weighted by molar-refractivity contribution is 5.83. The molecule has 9 nitrogen and oxygen atoms in total. The molecule has 37 heavy (non-hydrogen) atoms. The van der Waals surface area contributed by atoms with E-state index in [2.05, 4.69) is 44.5 Å². The molecule has 194 valence electrons. The Morgan fingerprint density at radius 2 is 2.03 bits per heavy atom. The van der Waals surface area contributed by atoms with Gasteiger partial charge >= 0.3 is 0 Å². The zero-order valence-electron chi connectivity index (χ0n) is 21.5. The van der Waals surface area contributed by atoms with E-state index in [0.29, 0.717) is 24.5 Å². The third kappa shape index (κ3) is 4.85. The predicted octanol–water partition coefficient (Wildman–Crippen LogP) is 4.61. The zero-order chi connectivity index (χ0) is 25.4. The van der Waals surface area contributed by atoms with Crippen molar-refractivity contribution in [1.29, 1.82) is 0 Å². The van der Waals surface area contributed by atoms with Gasteiger partial charge in [0.25, 0.3) is 5.56 Å². The number of hydrogen-bond acceptors (Lipinski definition) is 7. The van der Waals surface area contributed by atoms with E-state index >= 15 is 0 Å². The Bertz CT molecular complexity index is 1410. The average Bonchev–Trinajstić information content (AvgIpc) is 3.68. The Morgan fingerprint density at radius 1 is 1.16 bits per heavy atom. The van der Waals surface area contributed by atoms with Crippen molar-refractivity contribution in [2.24, 2.45) is 0 Å². The highest BCUT2D eigenvalue weighted by atomic mass is 16.5. The van der Waals surface area contributed by atoms with Crippen molar-refractivity contribution >= 4 is 10.9 Å². The molecule has 0 spiro atoms. The van der Waals surface area contributed by atoms with Crippen molar-refractivity contribution < 1.29 is 9.15 Å². The second-order valence-corrected chi connectivity index (χ2v) is 10.6. The first-order chi connectivity index (χ1) is 18.1. The predicted molar refractivity (Wildman–Crippen MR) is 139 cm³/mol. The fourth-order valence-corrected chi connectivity index (χ4v) is 6.11. The number of rotatable bonds is 8. The van der Waals surface area contributed by atoms with Crippen LogP contribution < -0.4 is 5.56 Å². The number of aromatic nitrogens is 5. The molecule has 9 heteroatoms. The van der Waals surface area contributed by atoms with Gasteiger partial charge in [0.15, 0.2) is 5.82 Å². The summed E-state index contributed by atoms with van der Waals surface area (Å²) in [6, 6.07) is 9.88. The smallest absolute Gasteiger partial charge is 0.253 e. The van der Waals surface area contributed by atoms with Crippen LogP contribution in [-0.4, -0.2) is 49.3 Å². The van der Waals surface area contributed by atoms with Crippen LogP contribution in [-0.2, 0) is 11.3 Å². The summed E-state index contributed by atoms with van der Waals surface area (Å²) < 4.78 is 13.8. The molecule has 0 amide bonds. The fourth-order valence-electron chi connectivity index (χ4n) is 6.11. The number of H-pyrrole nitrogens is 1. The molecule has 2 atom stereocenters. The van der Waals surface area contributed by atoms with Crippen molar-refractivity contribution in [3.63, 3.8) is 0 Å². The first kappa shape index (κ1) is 24.1. The second kappa shape index (κ2) is 10.2. The number of hydrogen-bond donors (Lipinski definition) is 1. The molecule has 0 bridgehead atoms. The van der Waals surface area contributed by atoms with Gasteiger partial charge in [0.1, 0.15) is 11.8 Å².